The molecule has 0 aliphatic rings. The average Bonchev–Trinajstić information content (AvgIpc) is 2.06. The van der Waals surface area contributed by atoms with Gasteiger partial charge in [0.1, 0.15) is 6.61 Å². The van der Waals surface area contributed by atoms with Crippen molar-refractivity contribution in [3.63, 3.8) is 0 Å². The van der Waals surface area contributed by atoms with Crippen molar-refractivity contribution in [2.75, 3.05) is 26.8 Å². The molecule has 0 heterocycles. The molecule has 1 unspecified atom stereocenters. The van der Waals surface area contributed by atoms with Crippen LogP contribution in [0.1, 0.15) is 27.2 Å². The van der Waals surface area contributed by atoms with Crippen molar-refractivity contribution in [2.45, 2.75) is 33.4 Å². The fourth-order valence-electron chi connectivity index (χ4n) is 1.50. The molecule has 0 bridgehead atoms. The SMILES string of the molecule is CNCC(CCOCC(F)(F)F)C(C)(C)C. The molecular weight excluding hydrogens is 219 g/mol. The normalized spacial score (nSPS) is 15.2. The van der Waals surface area contributed by atoms with Gasteiger partial charge in [0.2, 0.25) is 0 Å². The highest BCUT2D eigenvalue weighted by Crippen LogP contribution is 2.28. The van der Waals surface area contributed by atoms with E-state index in [1.807, 2.05) is 7.05 Å². The maximum Gasteiger partial charge on any atom is 0.411 e. The highest BCUT2D eigenvalue weighted by atomic mass is 19.4. The molecule has 5 heteroatoms. The summed E-state index contributed by atoms with van der Waals surface area (Å²) in [6.07, 6.45) is -3.58. The van der Waals surface area contributed by atoms with Gasteiger partial charge in [0.25, 0.3) is 0 Å². The van der Waals surface area contributed by atoms with Crippen LogP contribution in [0.2, 0.25) is 0 Å². The molecule has 0 amide bonds. The Morgan fingerprint density at radius 1 is 1.19 bits per heavy atom. The van der Waals surface area contributed by atoms with E-state index in [0.717, 1.165) is 6.54 Å². The molecule has 1 N–H and O–H groups in total. The van der Waals surface area contributed by atoms with Crippen molar-refractivity contribution in [1.29, 1.82) is 0 Å². The molecule has 2 nitrogen and oxygen atoms in total. The van der Waals surface area contributed by atoms with Crippen LogP contribution in [0.3, 0.4) is 0 Å². The summed E-state index contributed by atoms with van der Waals surface area (Å²) < 4.78 is 40.1. The lowest BCUT2D eigenvalue weighted by Gasteiger charge is -2.30. The maximum absolute atomic E-state index is 11.8. The molecule has 98 valence electrons. The summed E-state index contributed by atoms with van der Waals surface area (Å²) in [5.74, 6) is 0.311. The lowest BCUT2D eigenvalue weighted by molar-refractivity contribution is -0.175. The molecule has 0 aliphatic heterocycles. The second-order valence-electron chi connectivity index (χ2n) is 5.08. The summed E-state index contributed by atoms with van der Waals surface area (Å²) in [6.45, 7) is 6.04. The predicted molar refractivity (Wildman–Crippen MR) is 58.4 cm³/mol. The summed E-state index contributed by atoms with van der Waals surface area (Å²) in [6, 6.07) is 0. The minimum absolute atomic E-state index is 0.0740. The average molecular weight is 241 g/mol. The van der Waals surface area contributed by atoms with E-state index in [1.54, 1.807) is 0 Å². The molecule has 0 aliphatic carbocycles. The minimum atomic E-state index is -4.22. The first-order valence-corrected chi connectivity index (χ1v) is 5.46. The molecule has 0 spiro atoms. The maximum atomic E-state index is 11.8. The van der Waals surface area contributed by atoms with Crippen molar-refractivity contribution in [1.82, 2.24) is 5.32 Å². The minimum Gasteiger partial charge on any atom is -0.372 e. The molecule has 0 aromatic heterocycles. The number of halogens is 3. The Morgan fingerprint density at radius 2 is 1.75 bits per heavy atom. The molecular formula is C11H22F3NO. The molecule has 1 atom stereocenters. The summed E-state index contributed by atoms with van der Waals surface area (Å²) in [5.41, 5.74) is 0.0740. The Labute approximate surface area is 95.5 Å². The van der Waals surface area contributed by atoms with Crippen LogP contribution < -0.4 is 5.32 Å². The number of rotatable bonds is 6. The highest BCUT2D eigenvalue weighted by molar-refractivity contribution is 4.75. The monoisotopic (exact) mass is 241 g/mol. The van der Waals surface area contributed by atoms with E-state index in [1.165, 1.54) is 0 Å². The number of ether oxygens (including phenoxy) is 1. The second-order valence-corrected chi connectivity index (χ2v) is 5.08. The van der Waals surface area contributed by atoms with E-state index < -0.39 is 12.8 Å². The highest BCUT2D eigenvalue weighted by Gasteiger charge is 2.28. The number of hydrogen-bond donors (Lipinski definition) is 1. The summed E-state index contributed by atoms with van der Waals surface area (Å²) in [7, 11) is 1.84. The van der Waals surface area contributed by atoms with Gasteiger partial charge in [0.05, 0.1) is 0 Å². The van der Waals surface area contributed by atoms with Crippen LogP contribution in [0, 0.1) is 11.3 Å². The zero-order valence-corrected chi connectivity index (χ0v) is 10.4. The van der Waals surface area contributed by atoms with Crippen LogP contribution in [0.5, 0.6) is 0 Å². The number of hydrogen-bond acceptors (Lipinski definition) is 2. The summed E-state index contributed by atoms with van der Waals surface area (Å²) >= 11 is 0. The van der Waals surface area contributed by atoms with E-state index >= 15 is 0 Å². The molecule has 0 aromatic carbocycles. The fourth-order valence-corrected chi connectivity index (χ4v) is 1.50. The van der Waals surface area contributed by atoms with E-state index in [2.05, 4.69) is 30.8 Å². The van der Waals surface area contributed by atoms with Crippen molar-refractivity contribution < 1.29 is 17.9 Å². The van der Waals surface area contributed by atoms with Gasteiger partial charge in [-0.1, -0.05) is 20.8 Å². The topological polar surface area (TPSA) is 21.3 Å². The van der Waals surface area contributed by atoms with Crippen LogP contribution in [0.4, 0.5) is 13.2 Å². The smallest absolute Gasteiger partial charge is 0.372 e. The standard InChI is InChI=1S/C11H22F3NO/c1-10(2,3)9(7-15-4)5-6-16-8-11(12,13)14/h9,15H,5-8H2,1-4H3. The Hall–Kier alpha value is -0.290. The summed E-state index contributed by atoms with van der Waals surface area (Å²) in [4.78, 5) is 0. The van der Waals surface area contributed by atoms with Gasteiger partial charge in [0, 0.05) is 6.61 Å². The lowest BCUT2D eigenvalue weighted by Crippen LogP contribution is -2.31. The van der Waals surface area contributed by atoms with Crippen molar-refractivity contribution in [3.8, 4) is 0 Å². The van der Waals surface area contributed by atoms with Gasteiger partial charge in [-0.3, -0.25) is 0 Å². The quantitative estimate of drug-likeness (QED) is 0.722. The van der Waals surface area contributed by atoms with Gasteiger partial charge in [-0.25, -0.2) is 0 Å². The zero-order chi connectivity index (χ0) is 12.8. The fraction of sp³-hybridized carbons (Fsp3) is 1.00. The predicted octanol–water partition coefficient (Wildman–Crippen LogP) is 2.84. The van der Waals surface area contributed by atoms with Crippen LogP contribution >= 0.6 is 0 Å². The van der Waals surface area contributed by atoms with Crippen LogP contribution in [-0.4, -0.2) is 33.0 Å². The van der Waals surface area contributed by atoms with Crippen LogP contribution in [0.15, 0.2) is 0 Å². The first kappa shape index (κ1) is 15.7. The van der Waals surface area contributed by atoms with E-state index in [0.29, 0.717) is 12.3 Å². The largest absolute Gasteiger partial charge is 0.411 e. The summed E-state index contributed by atoms with van der Waals surface area (Å²) in [5, 5.41) is 3.05. The first-order chi connectivity index (χ1) is 7.17. The molecule has 0 rings (SSSR count). The van der Waals surface area contributed by atoms with E-state index in [4.69, 9.17) is 0 Å². The lowest BCUT2D eigenvalue weighted by atomic mass is 9.79. The van der Waals surface area contributed by atoms with Crippen molar-refractivity contribution >= 4 is 0 Å². The molecule has 16 heavy (non-hydrogen) atoms. The Bertz CT molecular complexity index is 187. The van der Waals surface area contributed by atoms with Gasteiger partial charge in [-0.2, -0.15) is 13.2 Å². The Morgan fingerprint density at radius 3 is 2.12 bits per heavy atom. The van der Waals surface area contributed by atoms with E-state index in [-0.39, 0.29) is 12.0 Å². The van der Waals surface area contributed by atoms with Gasteiger partial charge >= 0.3 is 6.18 Å². The number of alkyl halides is 3. The van der Waals surface area contributed by atoms with Gasteiger partial charge in [-0.15, -0.1) is 0 Å². The first-order valence-electron chi connectivity index (χ1n) is 5.46. The molecule has 0 fully saturated rings. The van der Waals surface area contributed by atoms with Gasteiger partial charge < -0.3 is 10.1 Å². The van der Waals surface area contributed by atoms with Crippen molar-refractivity contribution in [3.05, 3.63) is 0 Å². The van der Waals surface area contributed by atoms with E-state index in [9.17, 15) is 13.2 Å². The zero-order valence-electron chi connectivity index (χ0n) is 10.4. The Kier molecular flexibility index (Phi) is 6.33. The third-order valence-corrected chi connectivity index (χ3v) is 2.55. The van der Waals surface area contributed by atoms with Crippen LogP contribution in [0.25, 0.3) is 0 Å². The molecule has 0 radical (unpaired) electrons. The molecule has 0 saturated heterocycles. The third-order valence-electron chi connectivity index (χ3n) is 2.55. The number of nitrogens with one attached hydrogen (secondary N) is 1. The van der Waals surface area contributed by atoms with Gasteiger partial charge in [-0.05, 0) is 31.3 Å². The van der Waals surface area contributed by atoms with Gasteiger partial charge in [0.15, 0.2) is 0 Å². The molecule has 0 saturated carbocycles. The van der Waals surface area contributed by atoms with Crippen LogP contribution in [-0.2, 0) is 4.74 Å². The Balaban J connectivity index is 3.86. The third kappa shape index (κ3) is 7.93. The second kappa shape index (κ2) is 6.45. The molecule has 0 aromatic rings. The van der Waals surface area contributed by atoms with Crippen molar-refractivity contribution in [2.24, 2.45) is 11.3 Å².